The molecule has 1 atom stereocenters. The van der Waals surface area contributed by atoms with Crippen molar-refractivity contribution in [2.24, 2.45) is 0 Å². The molecule has 0 aromatic heterocycles. The first-order valence-corrected chi connectivity index (χ1v) is 5.49. The largest absolute Gasteiger partial charge is 0.361 e. The third-order valence-electron chi connectivity index (χ3n) is 2.00. The highest BCUT2D eigenvalue weighted by Gasteiger charge is 2.21. The van der Waals surface area contributed by atoms with Crippen LogP contribution in [0.1, 0.15) is 27.7 Å². The molecule has 0 aromatic rings. The normalized spacial score (nSPS) is 14.6. The molecule has 92 valence electrons. The standard InChI is InChI=1S/C11H25NO3/c1-7-13-10(12(5)6)9-15-11(3,4)14-8-2/h10H,7-9H2,1-6H3. The van der Waals surface area contributed by atoms with Crippen LogP contribution in [0.15, 0.2) is 0 Å². The summed E-state index contributed by atoms with van der Waals surface area (Å²) in [5.74, 6) is -0.542. The fourth-order valence-electron chi connectivity index (χ4n) is 1.20. The van der Waals surface area contributed by atoms with E-state index >= 15 is 0 Å². The highest BCUT2D eigenvalue weighted by Crippen LogP contribution is 2.12. The second kappa shape index (κ2) is 7.17. The average molecular weight is 219 g/mol. The van der Waals surface area contributed by atoms with Crippen molar-refractivity contribution in [2.75, 3.05) is 33.9 Å². The van der Waals surface area contributed by atoms with E-state index in [0.717, 1.165) is 0 Å². The Morgan fingerprint density at radius 2 is 1.67 bits per heavy atom. The summed E-state index contributed by atoms with van der Waals surface area (Å²) in [6.45, 7) is 9.59. The van der Waals surface area contributed by atoms with Gasteiger partial charge in [-0.1, -0.05) is 0 Å². The van der Waals surface area contributed by atoms with Gasteiger partial charge in [0.25, 0.3) is 0 Å². The Balaban J connectivity index is 3.97. The SMILES string of the molecule is CCOC(COC(C)(C)OCC)N(C)C. The molecule has 4 heteroatoms. The van der Waals surface area contributed by atoms with Crippen LogP contribution in [0.5, 0.6) is 0 Å². The smallest absolute Gasteiger partial charge is 0.162 e. The minimum atomic E-state index is -0.542. The first kappa shape index (κ1) is 14.8. The van der Waals surface area contributed by atoms with Gasteiger partial charge in [-0.2, -0.15) is 0 Å². The molecule has 0 aliphatic heterocycles. The van der Waals surface area contributed by atoms with Gasteiger partial charge in [0.15, 0.2) is 5.79 Å². The topological polar surface area (TPSA) is 30.9 Å². The zero-order valence-corrected chi connectivity index (χ0v) is 10.9. The average Bonchev–Trinajstić information content (AvgIpc) is 2.11. The second-order valence-electron chi connectivity index (χ2n) is 4.02. The molecule has 0 saturated carbocycles. The number of likely N-dealkylation sites (N-methyl/N-ethyl adjacent to an activating group) is 1. The van der Waals surface area contributed by atoms with Gasteiger partial charge in [0.05, 0.1) is 6.61 Å². The lowest BCUT2D eigenvalue weighted by atomic mass is 10.4. The Bertz CT molecular complexity index is 160. The lowest BCUT2D eigenvalue weighted by Gasteiger charge is -2.30. The Labute approximate surface area is 93.5 Å². The fraction of sp³-hybridized carbons (Fsp3) is 1.00. The molecule has 0 spiro atoms. The molecule has 0 aliphatic rings. The summed E-state index contributed by atoms with van der Waals surface area (Å²) in [5.41, 5.74) is 0. The van der Waals surface area contributed by atoms with Crippen LogP contribution in [0.3, 0.4) is 0 Å². The van der Waals surface area contributed by atoms with Gasteiger partial charge in [0.1, 0.15) is 6.23 Å². The van der Waals surface area contributed by atoms with Crippen LogP contribution in [0, 0.1) is 0 Å². The van der Waals surface area contributed by atoms with Crippen molar-refractivity contribution in [1.82, 2.24) is 4.90 Å². The molecule has 0 aromatic carbocycles. The van der Waals surface area contributed by atoms with Gasteiger partial charge in [-0.3, -0.25) is 4.90 Å². The Morgan fingerprint density at radius 1 is 1.07 bits per heavy atom. The molecule has 0 amide bonds. The predicted octanol–water partition coefficient (Wildman–Crippen LogP) is 1.70. The van der Waals surface area contributed by atoms with Gasteiger partial charge in [0.2, 0.25) is 0 Å². The molecular formula is C11H25NO3. The summed E-state index contributed by atoms with van der Waals surface area (Å²) in [6, 6.07) is 0. The van der Waals surface area contributed by atoms with Crippen LogP contribution in [0.2, 0.25) is 0 Å². The van der Waals surface area contributed by atoms with Crippen molar-refractivity contribution in [3.63, 3.8) is 0 Å². The van der Waals surface area contributed by atoms with Gasteiger partial charge in [-0.05, 0) is 41.8 Å². The third kappa shape index (κ3) is 6.84. The second-order valence-corrected chi connectivity index (χ2v) is 4.02. The van der Waals surface area contributed by atoms with Gasteiger partial charge >= 0.3 is 0 Å². The van der Waals surface area contributed by atoms with Crippen LogP contribution in [-0.4, -0.2) is 50.8 Å². The Kier molecular flexibility index (Phi) is 7.09. The molecular weight excluding hydrogens is 194 g/mol. The molecule has 0 heterocycles. The summed E-state index contributed by atoms with van der Waals surface area (Å²) in [4.78, 5) is 1.99. The van der Waals surface area contributed by atoms with E-state index in [4.69, 9.17) is 14.2 Å². The maximum Gasteiger partial charge on any atom is 0.162 e. The van der Waals surface area contributed by atoms with Crippen molar-refractivity contribution in [1.29, 1.82) is 0 Å². The summed E-state index contributed by atoms with van der Waals surface area (Å²) < 4.78 is 16.6. The summed E-state index contributed by atoms with van der Waals surface area (Å²) in [7, 11) is 3.94. The molecule has 0 saturated heterocycles. The van der Waals surface area contributed by atoms with Crippen LogP contribution < -0.4 is 0 Å². The van der Waals surface area contributed by atoms with E-state index in [2.05, 4.69) is 0 Å². The Hall–Kier alpha value is -0.160. The van der Waals surface area contributed by atoms with E-state index in [1.54, 1.807) is 0 Å². The highest BCUT2D eigenvalue weighted by atomic mass is 16.7. The Morgan fingerprint density at radius 3 is 2.07 bits per heavy atom. The lowest BCUT2D eigenvalue weighted by molar-refractivity contribution is -0.234. The third-order valence-corrected chi connectivity index (χ3v) is 2.00. The van der Waals surface area contributed by atoms with Crippen LogP contribution in [0.25, 0.3) is 0 Å². The maximum atomic E-state index is 5.66. The van der Waals surface area contributed by atoms with Gasteiger partial charge in [0, 0.05) is 13.2 Å². The minimum absolute atomic E-state index is 0.0188. The number of hydrogen-bond acceptors (Lipinski definition) is 4. The van der Waals surface area contributed by atoms with Crippen LogP contribution in [-0.2, 0) is 14.2 Å². The molecule has 0 rings (SSSR count). The van der Waals surface area contributed by atoms with Crippen molar-refractivity contribution < 1.29 is 14.2 Å². The molecule has 0 bridgehead atoms. The van der Waals surface area contributed by atoms with E-state index in [1.807, 2.05) is 46.7 Å². The van der Waals surface area contributed by atoms with E-state index in [9.17, 15) is 0 Å². The van der Waals surface area contributed by atoms with E-state index in [1.165, 1.54) is 0 Å². The number of ether oxygens (including phenoxy) is 3. The first-order chi connectivity index (χ1) is 6.93. The van der Waals surface area contributed by atoms with Crippen molar-refractivity contribution in [3.05, 3.63) is 0 Å². The van der Waals surface area contributed by atoms with Crippen LogP contribution in [0.4, 0.5) is 0 Å². The monoisotopic (exact) mass is 219 g/mol. The summed E-state index contributed by atoms with van der Waals surface area (Å²) >= 11 is 0. The number of hydrogen-bond donors (Lipinski definition) is 0. The molecule has 0 fully saturated rings. The van der Waals surface area contributed by atoms with Crippen molar-refractivity contribution in [2.45, 2.75) is 39.7 Å². The zero-order valence-electron chi connectivity index (χ0n) is 10.9. The summed E-state index contributed by atoms with van der Waals surface area (Å²) in [5, 5.41) is 0. The first-order valence-electron chi connectivity index (χ1n) is 5.49. The van der Waals surface area contributed by atoms with E-state index in [-0.39, 0.29) is 6.23 Å². The fourth-order valence-corrected chi connectivity index (χ4v) is 1.20. The lowest BCUT2D eigenvalue weighted by Crippen LogP contribution is -2.39. The molecule has 0 aliphatic carbocycles. The highest BCUT2D eigenvalue weighted by molar-refractivity contribution is 4.58. The molecule has 0 N–H and O–H groups in total. The van der Waals surface area contributed by atoms with Gasteiger partial charge in [-0.25, -0.2) is 0 Å². The van der Waals surface area contributed by atoms with Crippen molar-refractivity contribution >= 4 is 0 Å². The van der Waals surface area contributed by atoms with Gasteiger partial charge < -0.3 is 14.2 Å². The van der Waals surface area contributed by atoms with Crippen LogP contribution >= 0.6 is 0 Å². The quantitative estimate of drug-likeness (QED) is 0.581. The number of nitrogens with zero attached hydrogens (tertiary/aromatic N) is 1. The number of rotatable bonds is 8. The van der Waals surface area contributed by atoms with E-state index < -0.39 is 5.79 Å². The van der Waals surface area contributed by atoms with Gasteiger partial charge in [-0.15, -0.1) is 0 Å². The maximum absolute atomic E-state index is 5.66. The van der Waals surface area contributed by atoms with Crippen molar-refractivity contribution in [3.8, 4) is 0 Å². The minimum Gasteiger partial charge on any atom is -0.361 e. The predicted molar refractivity (Wildman–Crippen MR) is 60.8 cm³/mol. The molecule has 1 unspecified atom stereocenters. The molecule has 4 nitrogen and oxygen atoms in total. The zero-order chi connectivity index (χ0) is 11.9. The van der Waals surface area contributed by atoms with E-state index in [0.29, 0.717) is 19.8 Å². The molecule has 15 heavy (non-hydrogen) atoms. The summed E-state index contributed by atoms with van der Waals surface area (Å²) in [6.07, 6.45) is -0.0188. The molecule has 0 radical (unpaired) electrons.